The molecule has 3 aromatic rings. The third-order valence-corrected chi connectivity index (χ3v) is 6.68. The number of halogens is 1. The number of aryl methyl sites for hydroxylation is 1. The van der Waals surface area contributed by atoms with E-state index in [-0.39, 0.29) is 17.3 Å². The topological polar surface area (TPSA) is 66.5 Å². The number of benzene rings is 3. The van der Waals surface area contributed by atoms with Crippen LogP contribution in [-0.4, -0.2) is 27.4 Å². The van der Waals surface area contributed by atoms with Crippen molar-refractivity contribution >= 4 is 33.2 Å². The number of carbonyl (C=O) groups excluding carboxylic acids is 1. The fourth-order valence-corrected chi connectivity index (χ4v) is 4.68. The SMILES string of the molecule is Cc1ccccc1N(CC(=O)NCCc1ccc(Cl)cc1)S(=O)(=O)c1ccccc1. The first-order valence-electron chi connectivity index (χ1n) is 9.52. The number of anilines is 1. The zero-order chi connectivity index (χ0) is 21.6. The lowest BCUT2D eigenvalue weighted by Crippen LogP contribution is -2.41. The Labute approximate surface area is 182 Å². The molecular formula is C23H23ClN2O3S. The van der Waals surface area contributed by atoms with Crippen LogP contribution in [0.2, 0.25) is 5.02 Å². The van der Waals surface area contributed by atoms with Crippen molar-refractivity contribution in [3.05, 3.63) is 95.0 Å². The largest absolute Gasteiger partial charge is 0.354 e. The van der Waals surface area contributed by atoms with E-state index in [2.05, 4.69) is 5.32 Å². The summed E-state index contributed by atoms with van der Waals surface area (Å²) in [6, 6.07) is 22.6. The minimum atomic E-state index is -3.90. The Morgan fingerprint density at radius 2 is 1.57 bits per heavy atom. The Bertz CT molecular complexity index is 1100. The van der Waals surface area contributed by atoms with Gasteiger partial charge in [-0.3, -0.25) is 9.10 Å². The minimum Gasteiger partial charge on any atom is -0.354 e. The Morgan fingerprint density at radius 3 is 2.23 bits per heavy atom. The number of hydrogen-bond donors (Lipinski definition) is 1. The number of carbonyl (C=O) groups is 1. The number of rotatable bonds is 8. The molecule has 0 spiro atoms. The van der Waals surface area contributed by atoms with Gasteiger partial charge in [0.2, 0.25) is 5.91 Å². The molecule has 0 unspecified atom stereocenters. The third-order valence-electron chi connectivity index (χ3n) is 4.65. The van der Waals surface area contributed by atoms with Gasteiger partial charge < -0.3 is 5.32 Å². The van der Waals surface area contributed by atoms with E-state index in [0.29, 0.717) is 23.7 Å². The molecule has 0 atom stereocenters. The summed E-state index contributed by atoms with van der Waals surface area (Å²) in [6.07, 6.45) is 0.624. The normalized spacial score (nSPS) is 11.1. The highest BCUT2D eigenvalue weighted by Gasteiger charge is 2.27. The van der Waals surface area contributed by atoms with Gasteiger partial charge in [-0.05, 0) is 54.8 Å². The summed E-state index contributed by atoms with van der Waals surface area (Å²) in [5.41, 5.74) is 2.28. The first-order chi connectivity index (χ1) is 14.4. The number of hydrogen-bond acceptors (Lipinski definition) is 3. The smallest absolute Gasteiger partial charge is 0.264 e. The van der Waals surface area contributed by atoms with E-state index in [1.807, 2.05) is 31.2 Å². The Morgan fingerprint density at radius 1 is 0.933 bits per heavy atom. The molecule has 1 N–H and O–H groups in total. The third kappa shape index (κ3) is 5.40. The van der Waals surface area contributed by atoms with Crippen LogP contribution in [0.15, 0.2) is 83.8 Å². The molecule has 0 aliphatic carbocycles. The second-order valence-electron chi connectivity index (χ2n) is 6.84. The van der Waals surface area contributed by atoms with Crippen molar-refractivity contribution < 1.29 is 13.2 Å². The average molecular weight is 443 g/mol. The summed E-state index contributed by atoms with van der Waals surface area (Å²) < 4.78 is 27.7. The molecule has 0 bridgehead atoms. The lowest BCUT2D eigenvalue weighted by molar-refractivity contribution is -0.119. The van der Waals surface area contributed by atoms with E-state index in [9.17, 15) is 13.2 Å². The van der Waals surface area contributed by atoms with Gasteiger partial charge in [-0.2, -0.15) is 0 Å². The lowest BCUT2D eigenvalue weighted by atomic mass is 10.1. The van der Waals surface area contributed by atoms with Crippen molar-refractivity contribution in [1.29, 1.82) is 0 Å². The van der Waals surface area contributed by atoms with Gasteiger partial charge in [-0.25, -0.2) is 8.42 Å². The summed E-state index contributed by atoms with van der Waals surface area (Å²) in [4.78, 5) is 12.8. The van der Waals surface area contributed by atoms with Crippen molar-refractivity contribution in [2.75, 3.05) is 17.4 Å². The van der Waals surface area contributed by atoms with Crippen LogP contribution in [0.3, 0.4) is 0 Å². The van der Waals surface area contributed by atoms with Gasteiger partial charge in [-0.1, -0.05) is 60.1 Å². The molecule has 0 saturated carbocycles. The van der Waals surface area contributed by atoms with Gasteiger partial charge in [0.25, 0.3) is 10.0 Å². The standard InChI is InChI=1S/C23H23ClN2O3S/c1-18-7-5-6-10-22(18)26(30(28,29)21-8-3-2-4-9-21)17-23(27)25-16-15-19-11-13-20(24)14-12-19/h2-14H,15-17H2,1H3,(H,25,27). The summed E-state index contributed by atoms with van der Waals surface area (Å²) >= 11 is 5.89. The van der Waals surface area contributed by atoms with Crippen LogP contribution >= 0.6 is 11.6 Å². The number of nitrogens with one attached hydrogen (secondary N) is 1. The summed E-state index contributed by atoms with van der Waals surface area (Å²) in [5.74, 6) is -0.369. The minimum absolute atomic E-state index is 0.141. The molecule has 0 heterocycles. The van der Waals surface area contributed by atoms with Crippen LogP contribution in [0.4, 0.5) is 5.69 Å². The van der Waals surface area contributed by atoms with Crippen LogP contribution in [0.5, 0.6) is 0 Å². The van der Waals surface area contributed by atoms with E-state index >= 15 is 0 Å². The van der Waals surface area contributed by atoms with Crippen molar-refractivity contribution in [1.82, 2.24) is 5.32 Å². The highest BCUT2D eigenvalue weighted by molar-refractivity contribution is 7.92. The van der Waals surface area contributed by atoms with Crippen LogP contribution in [0.25, 0.3) is 0 Å². The first-order valence-corrected chi connectivity index (χ1v) is 11.3. The van der Waals surface area contributed by atoms with Crippen molar-refractivity contribution in [3.8, 4) is 0 Å². The van der Waals surface area contributed by atoms with Crippen LogP contribution in [-0.2, 0) is 21.2 Å². The molecule has 156 valence electrons. The average Bonchev–Trinajstić information content (AvgIpc) is 2.75. The zero-order valence-corrected chi connectivity index (χ0v) is 18.2. The van der Waals surface area contributed by atoms with E-state index < -0.39 is 10.0 Å². The molecule has 0 saturated heterocycles. The molecule has 0 aliphatic rings. The van der Waals surface area contributed by atoms with Crippen molar-refractivity contribution in [3.63, 3.8) is 0 Å². The molecule has 0 aliphatic heterocycles. The Balaban J connectivity index is 1.76. The van der Waals surface area contributed by atoms with E-state index in [0.717, 1.165) is 15.4 Å². The molecule has 3 aromatic carbocycles. The second-order valence-corrected chi connectivity index (χ2v) is 9.14. The van der Waals surface area contributed by atoms with Gasteiger partial charge >= 0.3 is 0 Å². The van der Waals surface area contributed by atoms with Crippen LogP contribution in [0, 0.1) is 6.92 Å². The molecule has 7 heteroatoms. The Kier molecular flexibility index (Phi) is 7.13. The maximum absolute atomic E-state index is 13.3. The molecule has 0 radical (unpaired) electrons. The van der Waals surface area contributed by atoms with Gasteiger partial charge in [0.15, 0.2) is 0 Å². The number of para-hydroxylation sites is 1. The van der Waals surface area contributed by atoms with E-state index in [1.165, 1.54) is 12.1 Å². The Hall–Kier alpha value is -2.83. The predicted octanol–water partition coefficient (Wildman–Crippen LogP) is 4.20. The van der Waals surface area contributed by atoms with Crippen molar-refractivity contribution in [2.24, 2.45) is 0 Å². The maximum atomic E-state index is 13.3. The molecule has 30 heavy (non-hydrogen) atoms. The summed E-state index contributed by atoms with van der Waals surface area (Å²) in [6.45, 7) is 1.91. The highest BCUT2D eigenvalue weighted by Crippen LogP contribution is 2.26. The molecule has 3 rings (SSSR count). The van der Waals surface area contributed by atoms with Crippen molar-refractivity contribution in [2.45, 2.75) is 18.2 Å². The van der Waals surface area contributed by atoms with Gasteiger partial charge in [-0.15, -0.1) is 0 Å². The van der Waals surface area contributed by atoms with E-state index in [1.54, 1.807) is 42.5 Å². The lowest BCUT2D eigenvalue weighted by Gasteiger charge is -2.25. The number of sulfonamides is 1. The predicted molar refractivity (Wildman–Crippen MR) is 120 cm³/mol. The maximum Gasteiger partial charge on any atom is 0.264 e. The summed E-state index contributed by atoms with van der Waals surface area (Å²) in [5, 5.41) is 3.47. The van der Waals surface area contributed by atoms with Gasteiger partial charge in [0.05, 0.1) is 10.6 Å². The van der Waals surface area contributed by atoms with Gasteiger partial charge in [0, 0.05) is 11.6 Å². The molecular weight excluding hydrogens is 420 g/mol. The fourth-order valence-electron chi connectivity index (χ4n) is 3.05. The highest BCUT2D eigenvalue weighted by atomic mass is 35.5. The van der Waals surface area contributed by atoms with Gasteiger partial charge in [0.1, 0.15) is 6.54 Å². The van der Waals surface area contributed by atoms with E-state index in [4.69, 9.17) is 11.6 Å². The fraction of sp³-hybridized carbons (Fsp3) is 0.174. The number of nitrogens with zero attached hydrogens (tertiary/aromatic N) is 1. The zero-order valence-electron chi connectivity index (χ0n) is 16.6. The van der Waals surface area contributed by atoms with Crippen LogP contribution in [0.1, 0.15) is 11.1 Å². The molecule has 1 amide bonds. The number of amides is 1. The summed E-state index contributed by atoms with van der Waals surface area (Å²) in [7, 11) is -3.90. The van der Waals surface area contributed by atoms with Crippen LogP contribution < -0.4 is 9.62 Å². The molecule has 5 nitrogen and oxygen atoms in total. The molecule has 0 aromatic heterocycles. The quantitative estimate of drug-likeness (QED) is 0.568. The molecule has 0 fully saturated rings. The first kappa shape index (κ1) is 21.9. The monoisotopic (exact) mass is 442 g/mol. The second kappa shape index (κ2) is 9.78.